The number of carbonyl (C=O) groups excluding carboxylic acids is 1. The van der Waals surface area contributed by atoms with Crippen molar-refractivity contribution in [2.75, 3.05) is 0 Å². The van der Waals surface area contributed by atoms with Gasteiger partial charge in [-0.05, 0) is 50.2 Å². The Morgan fingerprint density at radius 2 is 1.50 bits per heavy atom. The van der Waals surface area contributed by atoms with Crippen molar-refractivity contribution < 1.29 is 9.53 Å². The summed E-state index contributed by atoms with van der Waals surface area (Å²) in [5, 5.41) is 2.55. The fourth-order valence-electron chi connectivity index (χ4n) is 3.49. The van der Waals surface area contributed by atoms with E-state index in [1.165, 1.54) is 20.2 Å². The van der Waals surface area contributed by atoms with Crippen LogP contribution < -0.4 is 0 Å². The van der Waals surface area contributed by atoms with Crippen molar-refractivity contribution >= 4 is 36.6 Å². The van der Waals surface area contributed by atoms with E-state index >= 15 is 0 Å². The maximum atomic E-state index is 12.9. The lowest BCUT2D eigenvalue weighted by molar-refractivity contribution is 0.0204. The van der Waals surface area contributed by atoms with Crippen LogP contribution in [0.3, 0.4) is 0 Å². The molecule has 0 fully saturated rings. The third-order valence-electron chi connectivity index (χ3n) is 4.82. The molecule has 2 nitrogen and oxygen atoms in total. The van der Waals surface area contributed by atoms with Crippen molar-refractivity contribution in [3.8, 4) is 16.7 Å². The molecule has 4 rings (SSSR count). The summed E-state index contributed by atoms with van der Waals surface area (Å²) in [4.78, 5) is 14.0. The molecule has 4 aromatic rings. The molecule has 30 heavy (non-hydrogen) atoms. The summed E-state index contributed by atoms with van der Waals surface area (Å²) in [5.41, 5.74) is -0.270. The largest absolute Gasteiger partial charge is 0.443 e. The first-order valence-electron chi connectivity index (χ1n) is 10.1. The van der Waals surface area contributed by atoms with Crippen molar-refractivity contribution in [3.63, 3.8) is 0 Å². The molecule has 0 spiro atoms. The first kappa shape index (κ1) is 20.2. The molecular formula is C27H25O2S+. The average Bonchev–Trinajstić information content (AvgIpc) is 3.07. The molecule has 0 atom stereocenters. The van der Waals surface area contributed by atoms with E-state index in [0.717, 1.165) is 4.90 Å². The second kappa shape index (κ2) is 7.97. The SMILES string of the molecule is CC(C)C#CC(C)(C)OC(=O)c1cccc(-[s+]2c3ccccc3c3ccccc32)c1. The topological polar surface area (TPSA) is 26.3 Å². The van der Waals surface area contributed by atoms with Crippen LogP contribution in [0.5, 0.6) is 0 Å². The van der Waals surface area contributed by atoms with Crippen molar-refractivity contribution in [2.45, 2.75) is 33.3 Å². The molecule has 3 heteroatoms. The van der Waals surface area contributed by atoms with E-state index in [1.54, 1.807) is 0 Å². The Labute approximate surface area is 180 Å². The van der Waals surface area contributed by atoms with Crippen LogP contribution in [-0.2, 0) is 4.74 Å². The van der Waals surface area contributed by atoms with Crippen molar-refractivity contribution in [3.05, 3.63) is 78.4 Å². The highest BCUT2D eigenvalue weighted by Gasteiger charge is 2.26. The Morgan fingerprint density at radius 1 is 0.900 bits per heavy atom. The Hall–Kier alpha value is -3.09. The number of fused-ring (bicyclic) bond motifs is 3. The molecule has 1 heterocycles. The summed E-state index contributed by atoms with van der Waals surface area (Å²) >= 11 is 0. The molecule has 3 aromatic carbocycles. The van der Waals surface area contributed by atoms with Gasteiger partial charge in [-0.1, -0.05) is 56.0 Å². The van der Waals surface area contributed by atoms with E-state index in [1.807, 2.05) is 45.9 Å². The molecule has 1 aromatic heterocycles. The van der Waals surface area contributed by atoms with Gasteiger partial charge in [-0.3, -0.25) is 0 Å². The second-order valence-electron chi connectivity index (χ2n) is 8.15. The van der Waals surface area contributed by atoms with Gasteiger partial charge in [0.1, 0.15) is 0 Å². The molecule has 0 radical (unpaired) electrons. The first-order chi connectivity index (χ1) is 14.4. The molecular weight excluding hydrogens is 388 g/mol. The van der Waals surface area contributed by atoms with Crippen LogP contribution >= 0.6 is 10.5 Å². The highest BCUT2D eigenvalue weighted by atomic mass is 32.2. The third kappa shape index (κ3) is 3.97. The van der Waals surface area contributed by atoms with Gasteiger partial charge in [0.25, 0.3) is 0 Å². The van der Waals surface area contributed by atoms with Gasteiger partial charge >= 0.3 is 5.97 Å². The summed E-state index contributed by atoms with van der Waals surface area (Å²) in [5.74, 6) is 6.05. The van der Waals surface area contributed by atoms with E-state index in [2.05, 4.69) is 66.4 Å². The summed E-state index contributed by atoms with van der Waals surface area (Å²) in [6, 6.07) is 24.9. The molecule has 0 unspecified atom stereocenters. The van der Waals surface area contributed by atoms with Crippen molar-refractivity contribution in [2.24, 2.45) is 5.92 Å². The van der Waals surface area contributed by atoms with Gasteiger partial charge in [0.05, 0.1) is 5.56 Å². The van der Waals surface area contributed by atoms with Crippen LogP contribution in [0.1, 0.15) is 38.1 Å². The normalized spacial score (nSPS) is 11.5. The number of rotatable bonds is 3. The highest BCUT2D eigenvalue weighted by molar-refractivity contribution is 7.50. The van der Waals surface area contributed by atoms with Gasteiger partial charge in [-0.15, -0.1) is 0 Å². The number of esters is 1. The zero-order chi connectivity index (χ0) is 21.3. The Bertz CT molecular complexity index is 1250. The van der Waals surface area contributed by atoms with Crippen molar-refractivity contribution in [1.29, 1.82) is 0 Å². The molecule has 0 aliphatic rings. The fourth-order valence-corrected chi connectivity index (χ4v) is 5.92. The van der Waals surface area contributed by atoms with Crippen LogP contribution in [-0.4, -0.2) is 11.6 Å². The van der Waals surface area contributed by atoms with Crippen LogP contribution in [0.25, 0.3) is 25.1 Å². The smallest absolute Gasteiger partial charge is 0.339 e. The third-order valence-corrected chi connectivity index (χ3v) is 7.14. The van der Waals surface area contributed by atoms with E-state index in [4.69, 9.17) is 4.74 Å². The second-order valence-corrected chi connectivity index (χ2v) is 10.1. The van der Waals surface area contributed by atoms with E-state index in [-0.39, 0.29) is 22.4 Å². The Balaban J connectivity index is 1.76. The first-order valence-corrected chi connectivity index (χ1v) is 11.4. The zero-order valence-corrected chi connectivity index (χ0v) is 18.5. The maximum Gasteiger partial charge on any atom is 0.339 e. The standard InChI is InChI=1S/C27H25O2S/c1-19(2)16-17-27(3,4)29-26(28)20-10-9-11-21(18-20)30-24-14-7-5-12-22(24)23-13-6-8-15-25(23)30/h5-15,18-19H,1-4H3/q+1. The molecule has 0 bridgehead atoms. The van der Waals surface area contributed by atoms with E-state index < -0.39 is 5.60 Å². The maximum absolute atomic E-state index is 12.9. The van der Waals surface area contributed by atoms with E-state index in [0.29, 0.717) is 5.56 Å². The summed E-state index contributed by atoms with van der Waals surface area (Å²) in [6.45, 7) is 7.70. The minimum atomic E-state index is -0.827. The summed E-state index contributed by atoms with van der Waals surface area (Å²) in [7, 11) is -0.236. The van der Waals surface area contributed by atoms with Crippen LogP contribution in [0.2, 0.25) is 0 Å². The molecule has 150 valence electrons. The number of carbonyl (C=O) groups is 1. The minimum Gasteiger partial charge on any atom is -0.443 e. The number of ether oxygens (including phenoxy) is 1. The number of benzene rings is 3. The lowest BCUT2D eigenvalue weighted by Gasteiger charge is -2.19. The summed E-state index contributed by atoms with van der Waals surface area (Å²) in [6.07, 6.45) is 0. The quantitative estimate of drug-likeness (QED) is 0.200. The van der Waals surface area contributed by atoms with Crippen molar-refractivity contribution in [1.82, 2.24) is 0 Å². The number of hydrogen-bond donors (Lipinski definition) is 0. The van der Waals surface area contributed by atoms with Gasteiger partial charge in [0.2, 0.25) is 0 Å². The van der Waals surface area contributed by atoms with Gasteiger partial charge < -0.3 is 4.74 Å². The van der Waals surface area contributed by atoms with Gasteiger partial charge in [0.15, 0.2) is 19.9 Å². The average molecular weight is 414 g/mol. The molecule has 0 saturated carbocycles. The highest BCUT2D eigenvalue weighted by Crippen LogP contribution is 2.48. The molecule has 0 N–H and O–H groups in total. The predicted molar refractivity (Wildman–Crippen MR) is 127 cm³/mol. The number of thiophene rings is 1. The molecule has 0 amide bonds. The Kier molecular flexibility index (Phi) is 5.37. The van der Waals surface area contributed by atoms with Crippen LogP contribution in [0.15, 0.2) is 72.8 Å². The minimum absolute atomic E-state index is 0.231. The van der Waals surface area contributed by atoms with Gasteiger partial charge in [-0.2, -0.15) is 0 Å². The Morgan fingerprint density at radius 3 is 2.10 bits per heavy atom. The zero-order valence-electron chi connectivity index (χ0n) is 17.7. The molecule has 0 saturated heterocycles. The van der Waals surface area contributed by atoms with Gasteiger partial charge in [-0.25, -0.2) is 4.79 Å². The fraction of sp³-hybridized carbons (Fsp3) is 0.222. The molecule has 0 aliphatic heterocycles. The van der Waals surface area contributed by atoms with Crippen LogP contribution in [0.4, 0.5) is 0 Å². The van der Waals surface area contributed by atoms with Gasteiger partial charge in [0, 0.05) is 33.2 Å². The monoisotopic (exact) mass is 413 g/mol. The van der Waals surface area contributed by atoms with Crippen LogP contribution in [0, 0.1) is 17.8 Å². The lowest BCUT2D eigenvalue weighted by Crippen LogP contribution is -2.26. The number of hydrogen-bond acceptors (Lipinski definition) is 2. The van der Waals surface area contributed by atoms with E-state index in [9.17, 15) is 4.79 Å². The molecule has 0 aliphatic carbocycles. The summed E-state index contributed by atoms with van der Waals surface area (Å²) < 4.78 is 8.32. The lowest BCUT2D eigenvalue weighted by atomic mass is 10.1. The predicted octanol–water partition coefficient (Wildman–Crippen LogP) is 7.33.